The van der Waals surface area contributed by atoms with Gasteiger partial charge in [-0.1, -0.05) is 13.0 Å². The third-order valence-electron chi connectivity index (χ3n) is 5.68. The Morgan fingerprint density at radius 1 is 1.17 bits per heavy atom. The summed E-state index contributed by atoms with van der Waals surface area (Å²) in [6, 6.07) is 5.53. The lowest BCUT2D eigenvalue weighted by molar-refractivity contribution is -0.141. The number of rotatable bonds is 8. The summed E-state index contributed by atoms with van der Waals surface area (Å²) in [4.78, 5) is 24.1. The van der Waals surface area contributed by atoms with Crippen molar-refractivity contribution in [3.05, 3.63) is 23.1 Å². The highest BCUT2D eigenvalue weighted by molar-refractivity contribution is 7.20. The molecule has 0 bridgehead atoms. The molecule has 1 aromatic carbocycles. The van der Waals surface area contributed by atoms with Crippen LogP contribution < -0.4 is 10.2 Å². The Hall–Kier alpha value is -1.94. The summed E-state index contributed by atoms with van der Waals surface area (Å²) in [6.07, 6.45) is -0.0424. The van der Waals surface area contributed by atoms with Crippen molar-refractivity contribution in [3.63, 3.8) is 0 Å². The van der Waals surface area contributed by atoms with Gasteiger partial charge in [-0.15, -0.1) is 11.3 Å². The third kappa shape index (κ3) is 4.39. The molecule has 0 spiro atoms. The molecule has 2 aromatic rings. The van der Waals surface area contributed by atoms with Gasteiger partial charge in [0.15, 0.2) is 12.6 Å². The van der Waals surface area contributed by atoms with Gasteiger partial charge in [-0.05, 0) is 45.2 Å². The fraction of sp³-hybridized carbons (Fsp3) is 0.524. The molecular formula is C21H27BO7S. The maximum atomic E-state index is 12.5. The number of aliphatic carboxylic acids is 1. The van der Waals surface area contributed by atoms with E-state index in [-0.39, 0.29) is 19.0 Å². The van der Waals surface area contributed by atoms with Crippen molar-refractivity contribution >= 4 is 45.8 Å². The Kier molecular flexibility index (Phi) is 6.29. The molecule has 0 unspecified atom stereocenters. The number of fused-ring (bicyclic) bond motifs is 1. The molecule has 1 aliphatic heterocycles. The zero-order chi connectivity index (χ0) is 22.3. The number of hydrogen-bond acceptors (Lipinski definition) is 7. The summed E-state index contributed by atoms with van der Waals surface area (Å²) in [5.41, 5.74) is -0.296. The summed E-state index contributed by atoms with van der Waals surface area (Å²) >= 11 is 1.31. The summed E-state index contributed by atoms with van der Waals surface area (Å²) < 4.78 is 24.0. The van der Waals surface area contributed by atoms with Crippen LogP contribution in [0.15, 0.2) is 18.2 Å². The summed E-state index contributed by atoms with van der Waals surface area (Å²) in [5.74, 6) is -1.35. The highest BCUT2D eigenvalue weighted by Crippen LogP contribution is 2.38. The molecule has 0 amide bonds. The molecule has 1 aliphatic rings. The monoisotopic (exact) mass is 434 g/mol. The fourth-order valence-corrected chi connectivity index (χ4v) is 4.11. The minimum atomic E-state index is -0.984. The SMILES string of the molecule is COCOc1cc2sc(C(=O)C[C@H](C)C(=O)O)cc2cc1B1OC(C)(C)C(C)(C)O1. The lowest BCUT2D eigenvalue weighted by Gasteiger charge is -2.32. The Morgan fingerprint density at radius 3 is 2.37 bits per heavy atom. The van der Waals surface area contributed by atoms with Crippen LogP contribution in [-0.4, -0.2) is 49.1 Å². The van der Waals surface area contributed by atoms with Gasteiger partial charge < -0.3 is 23.9 Å². The molecule has 0 radical (unpaired) electrons. The van der Waals surface area contributed by atoms with Gasteiger partial charge in [-0.25, -0.2) is 0 Å². The predicted molar refractivity (Wildman–Crippen MR) is 116 cm³/mol. The Balaban J connectivity index is 1.98. The molecule has 1 N–H and O–H groups in total. The smallest absolute Gasteiger partial charge is 0.481 e. The van der Waals surface area contributed by atoms with Gasteiger partial charge in [0.1, 0.15) is 5.75 Å². The molecule has 1 fully saturated rings. The molecule has 1 saturated heterocycles. The Bertz CT molecular complexity index is 950. The van der Waals surface area contributed by atoms with E-state index in [0.717, 1.165) is 10.1 Å². The van der Waals surface area contributed by atoms with Crippen LogP contribution in [0.4, 0.5) is 0 Å². The first-order valence-corrected chi connectivity index (χ1v) is 10.6. The molecule has 3 rings (SSSR count). The van der Waals surface area contributed by atoms with E-state index in [1.165, 1.54) is 18.3 Å². The number of Topliss-reactive ketones (excluding diaryl/α,β-unsaturated/α-hetero) is 1. The second-order valence-electron chi connectivity index (χ2n) is 8.54. The van der Waals surface area contributed by atoms with Crippen molar-refractivity contribution in [2.45, 2.75) is 52.2 Å². The van der Waals surface area contributed by atoms with Crippen LogP contribution in [-0.2, 0) is 18.8 Å². The zero-order valence-electron chi connectivity index (χ0n) is 18.1. The van der Waals surface area contributed by atoms with Gasteiger partial charge in [0.25, 0.3) is 0 Å². The van der Waals surface area contributed by atoms with Crippen LogP contribution in [0.2, 0.25) is 0 Å². The largest absolute Gasteiger partial charge is 0.498 e. The number of carbonyl (C=O) groups excluding carboxylic acids is 1. The first kappa shape index (κ1) is 22.7. The lowest BCUT2D eigenvalue weighted by atomic mass is 9.78. The van der Waals surface area contributed by atoms with E-state index in [2.05, 4.69) is 0 Å². The number of hydrogen-bond donors (Lipinski definition) is 1. The molecule has 0 saturated carbocycles. The highest BCUT2D eigenvalue weighted by atomic mass is 32.1. The quantitative estimate of drug-likeness (QED) is 0.387. The number of carboxylic acids is 1. The standard InChI is InChI=1S/C21H27BO7S/c1-12(19(24)25)7-15(23)18-9-13-8-14(16(27-11-26-6)10-17(13)30-18)22-28-20(2,3)21(4,5)29-22/h8-10,12H,7,11H2,1-6H3,(H,24,25)/t12-/m0/s1. The molecule has 162 valence electrons. The van der Waals surface area contributed by atoms with E-state index in [1.807, 2.05) is 39.8 Å². The molecule has 30 heavy (non-hydrogen) atoms. The maximum Gasteiger partial charge on any atom is 0.498 e. The van der Waals surface area contributed by atoms with Crippen LogP contribution in [0, 0.1) is 5.92 Å². The van der Waals surface area contributed by atoms with E-state index in [1.54, 1.807) is 13.2 Å². The average molecular weight is 434 g/mol. The van der Waals surface area contributed by atoms with Crippen LogP contribution in [0.25, 0.3) is 10.1 Å². The van der Waals surface area contributed by atoms with Crippen molar-refractivity contribution in [1.29, 1.82) is 0 Å². The molecule has 2 heterocycles. The number of benzene rings is 1. The minimum absolute atomic E-state index is 0.0424. The Morgan fingerprint density at radius 2 is 1.80 bits per heavy atom. The van der Waals surface area contributed by atoms with Gasteiger partial charge in [-0.3, -0.25) is 9.59 Å². The average Bonchev–Trinajstić information content (AvgIpc) is 3.16. The summed E-state index contributed by atoms with van der Waals surface area (Å²) in [5, 5.41) is 9.92. The number of carboxylic acid groups (broad SMARTS) is 1. The molecule has 1 aromatic heterocycles. The van der Waals surface area contributed by atoms with Gasteiger partial charge in [0.05, 0.1) is 22.0 Å². The van der Waals surface area contributed by atoms with Crippen molar-refractivity contribution in [2.24, 2.45) is 5.92 Å². The summed E-state index contributed by atoms with van der Waals surface area (Å²) in [7, 11) is 0.913. The molecule has 0 aliphatic carbocycles. The lowest BCUT2D eigenvalue weighted by Crippen LogP contribution is -2.41. The van der Waals surface area contributed by atoms with Crippen molar-refractivity contribution in [3.8, 4) is 5.75 Å². The zero-order valence-corrected chi connectivity index (χ0v) is 18.9. The van der Waals surface area contributed by atoms with E-state index in [0.29, 0.717) is 16.1 Å². The van der Waals surface area contributed by atoms with Gasteiger partial charge in [0.2, 0.25) is 0 Å². The van der Waals surface area contributed by atoms with Crippen LogP contribution in [0.3, 0.4) is 0 Å². The van der Waals surface area contributed by atoms with Crippen molar-refractivity contribution in [1.82, 2.24) is 0 Å². The van der Waals surface area contributed by atoms with Gasteiger partial charge in [0, 0.05) is 23.7 Å². The fourth-order valence-electron chi connectivity index (χ4n) is 3.09. The molecule has 9 heteroatoms. The van der Waals surface area contributed by atoms with Crippen molar-refractivity contribution in [2.75, 3.05) is 13.9 Å². The predicted octanol–water partition coefficient (Wildman–Crippen LogP) is 3.48. The molecular weight excluding hydrogens is 407 g/mol. The first-order valence-electron chi connectivity index (χ1n) is 9.76. The maximum absolute atomic E-state index is 12.5. The highest BCUT2D eigenvalue weighted by Gasteiger charge is 2.52. The first-order chi connectivity index (χ1) is 13.9. The Labute approximate surface area is 180 Å². The second kappa shape index (κ2) is 8.30. The minimum Gasteiger partial charge on any atom is -0.481 e. The van der Waals surface area contributed by atoms with Crippen molar-refractivity contribution < 1.29 is 33.5 Å². The van der Waals surface area contributed by atoms with E-state index < -0.39 is 30.2 Å². The number of carbonyl (C=O) groups is 2. The number of ether oxygens (including phenoxy) is 2. The normalized spacial score (nSPS) is 18.5. The van der Waals surface area contributed by atoms with Crippen LogP contribution >= 0.6 is 11.3 Å². The van der Waals surface area contributed by atoms with E-state index >= 15 is 0 Å². The number of thiophene rings is 1. The van der Waals surface area contributed by atoms with E-state index in [9.17, 15) is 9.59 Å². The third-order valence-corrected chi connectivity index (χ3v) is 6.82. The number of ketones is 1. The summed E-state index contributed by atoms with van der Waals surface area (Å²) in [6.45, 7) is 9.50. The molecule has 1 atom stereocenters. The van der Waals surface area contributed by atoms with Crippen LogP contribution in [0.5, 0.6) is 5.75 Å². The molecule has 7 nitrogen and oxygen atoms in total. The van der Waals surface area contributed by atoms with Gasteiger partial charge in [-0.2, -0.15) is 0 Å². The van der Waals surface area contributed by atoms with E-state index in [4.69, 9.17) is 23.9 Å². The topological polar surface area (TPSA) is 91.3 Å². The second-order valence-corrected chi connectivity index (χ2v) is 9.63. The van der Waals surface area contributed by atoms with Gasteiger partial charge >= 0.3 is 13.1 Å². The number of methoxy groups -OCH3 is 1. The van der Waals surface area contributed by atoms with Crippen LogP contribution in [0.1, 0.15) is 50.7 Å².